The van der Waals surface area contributed by atoms with E-state index in [1.165, 1.54) is 5.56 Å². The van der Waals surface area contributed by atoms with E-state index in [1.807, 2.05) is 74.1 Å². The number of thioether (sulfide) groups is 1. The number of hydrogen-bond acceptors (Lipinski definition) is 4. The summed E-state index contributed by atoms with van der Waals surface area (Å²) < 4.78 is 0. The average Bonchev–Trinajstić information content (AvgIpc) is 3.70. The number of aliphatic carboxylic acids is 1. The van der Waals surface area contributed by atoms with Gasteiger partial charge in [-0.3, -0.25) is 4.79 Å². The van der Waals surface area contributed by atoms with Gasteiger partial charge in [-0.15, -0.1) is 0 Å². The van der Waals surface area contributed by atoms with Gasteiger partial charge in [0, 0.05) is 21.4 Å². The second-order valence-electron chi connectivity index (χ2n) is 11.7. The first-order valence-electron chi connectivity index (χ1n) is 14.1. The number of hydrogen-bond donors (Lipinski definition) is 2. The van der Waals surface area contributed by atoms with Crippen molar-refractivity contribution >= 4 is 81.9 Å². The standard InChI is InChI=1S/C35H36ClNO3S.Na.H/c1-34(2,40)30-9-4-3-7-25(30)13-17-32(41-23-35(18-19-35)22-33(38)39)27-8-5-6-24(20-27)10-15-29-16-12-26-11-14-28(36)21-31(26)37-29;;/h3-12,14-16,20-21,32,40H,13,17-19,22-23H2,1-2H3,(H,38,39);;/b15-10+;;/t32-;;/m1../s1. The summed E-state index contributed by atoms with van der Waals surface area (Å²) in [6.45, 7) is 3.66. The first-order valence-corrected chi connectivity index (χ1v) is 15.5. The molecule has 214 valence electrons. The Balaban J connectivity index is 0.00000405. The number of benzene rings is 3. The number of carboxylic acid groups (broad SMARTS) is 1. The molecule has 0 aliphatic heterocycles. The Bertz CT molecular complexity index is 1580. The third kappa shape index (κ3) is 8.72. The van der Waals surface area contributed by atoms with Gasteiger partial charge in [-0.05, 0) is 91.5 Å². The number of aliphatic hydroxyl groups is 1. The van der Waals surface area contributed by atoms with Gasteiger partial charge in [0.05, 0.1) is 23.2 Å². The molecular formula is C35H37ClNNaO3S. The van der Waals surface area contributed by atoms with E-state index in [9.17, 15) is 15.0 Å². The van der Waals surface area contributed by atoms with Crippen molar-refractivity contribution < 1.29 is 15.0 Å². The molecule has 7 heteroatoms. The number of rotatable bonds is 12. The average molecular weight is 610 g/mol. The topological polar surface area (TPSA) is 70.4 Å². The molecule has 3 aromatic carbocycles. The van der Waals surface area contributed by atoms with Crippen molar-refractivity contribution in [1.82, 2.24) is 4.98 Å². The van der Waals surface area contributed by atoms with Crippen LogP contribution in [0.4, 0.5) is 0 Å². The number of aromatic nitrogens is 1. The Kier molecular flexibility index (Phi) is 11.0. The Morgan fingerprint density at radius 2 is 1.81 bits per heavy atom. The van der Waals surface area contributed by atoms with Gasteiger partial charge in [-0.1, -0.05) is 78.3 Å². The van der Waals surface area contributed by atoms with Gasteiger partial charge in [-0.2, -0.15) is 11.8 Å². The van der Waals surface area contributed by atoms with E-state index in [1.54, 1.807) is 0 Å². The number of nitrogens with zero attached hydrogens (tertiary/aromatic N) is 1. The number of fused-ring (bicyclic) bond motifs is 1. The molecule has 2 N–H and O–H groups in total. The molecule has 1 saturated carbocycles. The van der Waals surface area contributed by atoms with Gasteiger partial charge in [0.25, 0.3) is 0 Å². The van der Waals surface area contributed by atoms with Crippen molar-refractivity contribution in [2.45, 2.75) is 56.8 Å². The van der Waals surface area contributed by atoms with Crippen molar-refractivity contribution in [3.63, 3.8) is 0 Å². The van der Waals surface area contributed by atoms with Crippen LogP contribution in [0.1, 0.15) is 72.7 Å². The third-order valence-corrected chi connectivity index (χ3v) is 9.76. The fourth-order valence-electron chi connectivity index (χ4n) is 5.36. The van der Waals surface area contributed by atoms with E-state index in [-0.39, 0.29) is 46.6 Å². The zero-order valence-corrected chi connectivity index (χ0v) is 25.1. The molecule has 0 radical (unpaired) electrons. The van der Waals surface area contributed by atoms with E-state index in [4.69, 9.17) is 16.6 Å². The molecule has 4 aromatic rings. The Morgan fingerprint density at radius 3 is 2.55 bits per heavy atom. The van der Waals surface area contributed by atoms with Gasteiger partial charge < -0.3 is 10.2 Å². The summed E-state index contributed by atoms with van der Waals surface area (Å²) in [7, 11) is 0. The van der Waals surface area contributed by atoms with Crippen molar-refractivity contribution in [2.75, 3.05) is 5.75 Å². The second-order valence-corrected chi connectivity index (χ2v) is 13.3. The number of carbonyl (C=O) groups is 1. The van der Waals surface area contributed by atoms with Crippen LogP contribution in [0.3, 0.4) is 0 Å². The van der Waals surface area contributed by atoms with Gasteiger partial charge >= 0.3 is 35.5 Å². The molecule has 0 amide bonds. The van der Waals surface area contributed by atoms with Crippen LogP contribution in [-0.4, -0.2) is 56.5 Å². The third-order valence-electron chi connectivity index (χ3n) is 7.83. The molecule has 1 aliphatic carbocycles. The van der Waals surface area contributed by atoms with Gasteiger partial charge in [0.2, 0.25) is 0 Å². The molecular weight excluding hydrogens is 573 g/mol. The summed E-state index contributed by atoms with van der Waals surface area (Å²) >= 11 is 8.04. The van der Waals surface area contributed by atoms with E-state index < -0.39 is 11.6 Å². The maximum atomic E-state index is 11.5. The summed E-state index contributed by atoms with van der Waals surface area (Å²) in [5.41, 5.74) is 5.15. The van der Waals surface area contributed by atoms with E-state index >= 15 is 0 Å². The van der Waals surface area contributed by atoms with Crippen molar-refractivity contribution in [2.24, 2.45) is 5.41 Å². The van der Waals surface area contributed by atoms with E-state index in [0.717, 1.165) is 64.7 Å². The maximum absolute atomic E-state index is 11.5. The molecule has 42 heavy (non-hydrogen) atoms. The zero-order valence-electron chi connectivity index (χ0n) is 23.5. The van der Waals surface area contributed by atoms with Gasteiger partial charge in [0.1, 0.15) is 0 Å². The van der Waals surface area contributed by atoms with E-state index in [0.29, 0.717) is 5.02 Å². The molecule has 0 saturated heterocycles. The minimum atomic E-state index is -0.911. The van der Waals surface area contributed by atoms with Crippen LogP contribution in [0, 0.1) is 5.41 Å². The molecule has 0 spiro atoms. The number of carboxylic acids is 1. The van der Waals surface area contributed by atoms with Crippen LogP contribution >= 0.6 is 23.4 Å². The predicted octanol–water partition coefficient (Wildman–Crippen LogP) is 8.30. The fraction of sp³-hybridized carbons (Fsp3) is 0.314. The molecule has 1 fully saturated rings. The predicted molar refractivity (Wildman–Crippen MR) is 178 cm³/mol. The molecule has 1 aliphatic rings. The minimum absolute atomic E-state index is 0. The summed E-state index contributed by atoms with van der Waals surface area (Å²) in [5.74, 6) is 0.122. The van der Waals surface area contributed by atoms with Crippen molar-refractivity contribution in [3.8, 4) is 0 Å². The fourth-order valence-corrected chi connectivity index (χ4v) is 7.09. The Hall–Kier alpha value is -2.12. The normalized spacial score (nSPS) is 15.0. The first kappa shape index (κ1) is 32.8. The number of halogens is 1. The zero-order chi connectivity index (χ0) is 29.0. The first-order chi connectivity index (χ1) is 19.6. The van der Waals surface area contributed by atoms with Crippen LogP contribution in [0.15, 0.2) is 78.9 Å². The van der Waals surface area contributed by atoms with Crippen LogP contribution in [0.2, 0.25) is 5.02 Å². The SMILES string of the molecule is CC(C)(O)c1ccccc1CC[C@@H](SCC1(CC(=O)O)CC1)c1cccc(/C=C/c2ccc3ccc(Cl)cc3n2)c1.[NaH]. The van der Waals surface area contributed by atoms with Crippen LogP contribution in [0.5, 0.6) is 0 Å². The molecule has 0 bridgehead atoms. The number of pyridine rings is 1. The van der Waals surface area contributed by atoms with Crippen molar-refractivity contribution in [3.05, 3.63) is 112 Å². The van der Waals surface area contributed by atoms with Crippen LogP contribution in [-0.2, 0) is 16.8 Å². The molecule has 4 nitrogen and oxygen atoms in total. The molecule has 1 aromatic heterocycles. The molecule has 5 rings (SSSR count). The summed E-state index contributed by atoms with van der Waals surface area (Å²) in [6, 6.07) is 26.5. The van der Waals surface area contributed by atoms with Gasteiger partial charge in [-0.25, -0.2) is 4.98 Å². The van der Waals surface area contributed by atoms with Crippen molar-refractivity contribution in [1.29, 1.82) is 0 Å². The molecule has 0 unspecified atom stereocenters. The second kappa shape index (κ2) is 14.1. The molecule has 1 atom stereocenters. The van der Waals surface area contributed by atoms with Gasteiger partial charge in [0.15, 0.2) is 0 Å². The summed E-state index contributed by atoms with van der Waals surface area (Å²) in [4.78, 5) is 16.2. The Morgan fingerprint density at radius 1 is 1.05 bits per heavy atom. The van der Waals surface area contributed by atoms with E-state index in [2.05, 4.69) is 42.5 Å². The molecule has 1 heterocycles. The monoisotopic (exact) mass is 609 g/mol. The summed E-state index contributed by atoms with van der Waals surface area (Å²) in [5, 5.41) is 22.1. The van der Waals surface area contributed by atoms with Crippen LogP contribution < -0.4 is 0 Å². The number of aryl methyl sites for hydroxylation is 1. The summed E-state index contributed by atoms with van der Waals surface area (Å²) in [6.07, 6.45) is 8.02. The van der Waals surface area contributed by atoms with Crippen LogP contribution in [0.25, 0.3) is 23.1 Å². The Labute approximate surface area is 279 Å². The quantitative estimate of drug-likeness (QED) is 0.158.